The topological polar surface area (TPSA) is 67.2 Å². The molecule has 1 rings (SSSR count). The summed E-state index contributed by atoms with van der Waals surface area (Å²) in [5, 5.41) is 13.7. The smallest absolute Gasteiger partial charge is 0.327 e. The second-order valence-electron chi connectivity index (χ2n) is 7.94. The Morgan fingerprint density at radius 1 is 1.00 bits per heavy atom. The number of nitrogens with one attached hydrogen (secondary N) is 1. The van der Waals surface area contributed by atoms with Gasteiger partial charge in [0.15, 0.2) is 0 Å². The minimum atomic E-state index is -0.904. The maximum atomic E-state index is 10.9. The van der Waals surface area contributed by atoms with E-state index >= 15 is 0 Å². The van der Waals surface area contributed by atoms with Gasteiger partial charge in [-0.25, -0.2) is 4.79 Å². The lowest BCUT2D eigenvalue weighted by molar-refractivity contribution is -0.131. The molecule has 0 saturated heterocycles. The Bertz CT molecular complexity index is 511. The van der Waals surface area contributed by atoms with Gasteiger partial charge in [0.2, 0.25) is 0 Å². The number of aromatic nitrogens is 1. The first-order valence-corrected chi connectivity index (χ1v) is 11.4. The van der Waals surface area contributed by atoms with Crippen LogP contribution in [0.4, 0.5) is 5.82 Å². The molecule has 0 spiro atoms. The van der Waals surface area contributed by atoms with Crippen LogP contribution < -0.4 is 0 Å². The van der Waals surface area contributed by atoms with Gasteiger partial charge < -0.3 is 15.4 Å². The van der Waals surface area contributed by atoms with Gasteiger partial charge in [0.25, 0.3) is 0 Å². The molecule has 0 aliphatic rings. The summed E-state index contributed by atoms with van der Waals surface area (Å²) in [6.45, 7) is 4.52. The molecule has 0 amide bonds. The maximum absolute atomic E-state index is 10.9. The molecule has 2 atom stereocenters. The third-order valence-corrected chi connectivity index (χ3v) is 5.40. The minimum Gasteiger partial charge on any atom is -0.478 e. The number of nitrogens with zero attached hydrogens (tertiary/aromatic N) is 1. The fraction of sp³-hybridized carbons (Fsp3) is 0.708. The van der Waals surface area contributed by atoms with Crippen molar-refractivity contribution in [2.45, 2.75) is 103 Å². The largest absolute Gasteiger partial charge is 0.478 e. The lowest BCUT2D eigenvalue weighted by atomic mass is 9.89. The van der Waals surface area contributed by atoms with Crippen molar-refractivity contribution in [1.29, 1.82) is 0 Å². The highest BCUT2D eigenvalue weighted by molar-refractivity contribution is 5.80. The van der Waals surface area contributed by atoms with Crippen LogP contribution in [0.5, 0.6) is 0 Å². The number of carbonyl (C=O) groups is 1. The molecule has 160 valence electrons. The van der Waals surface area contributed by atoms with Crippen LogP contribution in [0.3, 0.4) is 0 Å². The molecule has 0 aliphatic heterocycles. The van der Waals surface area contributed by atoms with Gasteiger partial charge in [0.1, 0.15) is 0 Å². The molecule has 2 unspecified atom stereocenters. The molecule has 1 heterocycles. The molecule has 0 aliphatic carbocycles. The summed E-state index contributed by atoms with van der Waals surface area (Å²) in [6.07, 6.45) is 21.4. The first kappa shape index (κ1) is 24.3. The van der Waals surface area contributed by atoms with E-state index in [1.165, 1.54) is 76.7 Å². The van der Waals surface area contributed by atoms with E-state index in [0.717, 1.165) is 24.6 Å². The number of unbranched alkanes of at least 4 members (excludes halogenated alkanes) is 7. The molecule has 4 nitrogen and oxygen atoms in total. The zero-order valence-corrected chi connectivity index (χ0v) is 18.0. The predicted molar refractivity (Wildman–Crippen MR) is 119 cm³/mol. The summed E-state index contributed by atoms with van der Waals surface area (Å²) in [7, 11) is 0. The van der Waals surface area contributed by atoms with E-state index < -0.39 is 5.97 Å². The molecular weight excluding hydrogens is 348 g/mol. The zero-order chi connectivity index (χ0) is 20.5. The van der Waals surface area contributed by atoms with Crippen LogP contribution in [0, 0.1) is 5.92 Å². The number of aromatic amines is 1. The van der Waals surface area contributed by atoms with Crippen LogP contribution >= 0.6 is 0 Å². The Labute approximate surface area is 172 Å². The number of rotatable bonds is 18. The van der Waals surface area contributed by atoms with E-state index in [9.17, 15) is 4.79 Å². The van der Waals surface area contributed by atoms with Gasteiger partial charge in [0, 0.05) is 6.08 Å². The summed E-state index contributed by atoms with van der Waals surface area (Å²) in [5.41, 5.74) is 0. The number of carboxylic acid groups (broad SMARTS) is 1. The van der Waals surface area contributed by atoms with Crippen molar-refractivity contribution in [3.8, 4) is 0 Å². The average Bonchev–Trinajstić information content (AvgIpc) is 3.19. The number of carboxylic acids is 1. The highest BCUT2D eigenvalue weighted by Gasteiger charge is 2.11. The van der Waals surface area contributed by atoms with Gasteiger partial charge in [-0.3, -0.25) is 0 Å². The second-order valence-corrected chi connectivity index (χ2v) is 7.94. The van der Waals surface area contributed by atoms with Crippen LogP contribution in [-0.2, 0) is 4.79 Å². The maximum Gasteiger partial charge on any atom is 0.327 e. The predicted octanol–water partition coefficient (Wildman–Crippen LogP) is 7.76. The van der Waals surface area contributed by atoms with Crippen molar-refractivity contribution < 1.29 is 9.90 Å². The lowest BCUT2D eigenvalue weighted by Gasteiger charge is -2.25. The SMILES string of the molecule is CCCCCCCCC(CCCCC)CCC(C=CC(=O)O)[N-]c1ccc[nH]1. The Morgan fingerprint density at radius 2 is 1.64 bits per heavy atom. The molecule has 0 radical (unpaired) electrons. The van der Waals surface area contributed by atoms with Crippen molar-refractivity contribution in [3.63, 3.8) is 0 Å². The van der Waals surface area contributed by atoms with Crippen LogP contribution in [-0.4, -0.2) is 22.1 Å². The van der Waals surface area contributed by atoms with E-state index in [-0.39, 0.29) is 6.04 Å². The summed E-state index contributed by atoms with van der Waals surface area (Å²) >= 11 is 0. The van der Waals surface area contributed by atoms with E-state index in [2.05, 4.69) is 24.1 Å². The Kier molecular flexibility index (Phi) is 14.1. The fourth-order valence-electron chi connectivity index (χ4n) is 3.71. The standard InChI is InChI=1S/C24H41N2O2/c1-3-5-7-8-9-11-14-21(13-10-6-4-2)16-17-22(18-19-24(27)28)26-23-15-12-20-25-23/h12,15,18-22,25H,3-11,13-14,16-17H2,1-2H3,(H,27,28)/q-1. The second kappa shape index (κ2) is 16.3. The van der Waals surface area contributed by atoms with Crippen molar-refractivity contribution >= 4 is 11.8 Å². The quantitative estimate of drug-likeness (QED) is 0.199. The van der Waals surface area contributed by atoms with Crippen molar-refractivity contribution in [2.24, 2.45) is 5.92 Å². The number of hydrogen-bond acceptors (Lipinski definition) is 1. The van der Waals surface area contributed by atoms with Gasteiger partial charge in [0.05, 0.1) is 0 Å². The monoisotopic (exact) mass is 389 g/mol. The van der Waals surface area contributed by atoms with Gasteiger partial charge in [-0.15, -0.1) is 0 Å². The van der Waals surface area contributed by atoms with Gasteiger partial charge in [-0.2, -0.15) is 0 Å². The van der Waals surface area contributed by atoms with Gasteiger partial charge >= 0.3 is 5.97 Å². The highest BCUT2D eigenvalue weighted by atomic mass is 16.4. The summed E-state index contributed by atoms with van der Waals surface area (Å²) < 4.78 is 0. The van der Waals surface area contributed by atoms with E-state index in [4.69, 9.17) is 5.11 Å². The first-order chi connectivity index (χ1) is 13.7. The number of H-pyrrole nitrogens is 1. The third kappa shape index (κ3) is 12.6. The van der Waals surface area contributed by atoms with Gasteiger partial charge in [-0.05, 0) is 24.8 Å². The zero-order valence-electron chi connectivity index (χ0n) is 18.0. The Hall–Kier alpha value is -1.71. The normalized spacial score (nSPS) is 13.6. The molecule has 0 saturated carbocycles. The molecule has 2 N–H and O–H groups in total. The number of aliphatic carboxylic acids is 1. The van der Waals surface area contributed by atoms with E-state index in [1.54, 1.807) is 6.08 Å². The Balaban J connectivity index is 2.49. The summed E-state index contributed by atoms with van der Waals surface area (Å²) in [4.78, 5) is 14.0. The van der Waals surface area contributed by atoms with Crippen molar-refractivity contribution in [2.75, 3.05) is 0 Å². The van der Waals surface area contributed by atoms with Gasteiger partial charge in [-0.1, -0.05) is 115 Å². The van der Waals surface area contributed by atoms with Crippen LogP contribution in [0.15, 0.2) is 30.5 Å². The van der Waals surface area contributed by atoms with E-state index in [1.807, 2.05) is 18.3 Å². The highest BCUT2D eigenvalue weighted by Crippen LogP contribution is 2.28. The lowest BCUT2D eigenvalue weighted by Crippen LogP contribution is -2.08. The van der Waals surface area contributed by atoms with Crippen molar-refractivity contribution in [1.82, 2.24) is 4.98 Å². The molecule has 0 aromatic carbocycles. The molecule has 4 heteroatoms. The van der Waals surface area contributed by atoms with Crippen molar-refractivity contribution in [3.05, 3.63) is 35.8 Å². The fourth-order valence-corrected chi connectivity index (χ4v) is 3.71. The molecule has 0 fully saturated rings. The molecule has 1 aromatic heterocycles. The Morgan fingerprint density at radius 3 is 2.29 bits per heavy atom. The minimum absolute atomic E-state index is 0.0759. The molecule has 28 heavy (non-hydrogen) atoms. The third-order valence-electron chi connectivity index (χ3n) is 5.40. The average molecular weight is 390 g/mol. The van der Waals surface area contributed by atoms with Crippen LogP contribution in [0.25, 0.3) is 5.32 Å². The molecular formula is C24H41N2O2-. The first-order valence-electron chi connectivity index (χ1n) is 11.4. The number of hydrogen-bond donors (Lipinski definition) is 2. The molecule has 1 aromatic rings. The van der Waals surface area contributed by atoms with E-state index in [0.29, 0.717) is 0 Å². The summed E-state index contributed by atoms with van der Waals surface area (Å²) in [5.74, 6) is 0.647. The summed E-state index contributed by atoms with van der Waals surface area (Å²) in [6, 6.07) is 3.77. The van der Waals surface area contributed by atoms with Crippen LogP contribution in [0.2, 0.25) is 0 Å². The molecule has 0 bridgehead atoms. The van der Waals surface area contributed by atoms with Crippen LogP contribution in [0.1, 0.15) is 97.3 Å².